The number of rotatable bonds is 6. The number of hydrogen-bond donors (Lipinski definition) is 0. The van der Waals surface area contributed by atoms with Crippen LogP contribution in [-0.2, 0) is 0 Å². The van der Waals surface area contributed by atoms with Gasteiger partial charge < -0.3 is 14.2 Å². The van der Waals surface area contributed by atoms with E-state index < -0.39 is 0 Å². The fourth-order valence-corrected chi connectivity index (χ4v) is 7.83. The number of anilines is 6. The van der Waals surface area contributed by atoms with E-state index in [2.05, 4.69) is 181 Å². The molecule has 0 saturated heterocycles. The lowest BCUT2D eigenvalue weighted by molar-refractivity contribution is 0.669. The highest BCUT2D eigenvalue weighted by Crippen LogP contribution is 2.48. The van der Waals surface area contributed by atoms with Crippen LogP contribution in [-0.4, -0.2) is 0 Å². The standard InChI is InChI=1S/C48H34N2O/c1-31-12-20-36(21-13-31)49(35-8-4-3-5-9-35)43-27-18-33-17-26-41-44(28-19-34-16-25-40(43)47(33)48(34)41)50(37-22-14-32(2)15-23-37)38-24-29-46-42(30-38)39-10-6-7-11-45(39)51-46/h3-30H,1-2H3. The van der Waals surface area contributed by atoms with Gasteiger partial charge in [0.2, 0.25) is 0 Å². The molecule has 9 aromatic carbocycles. The summed E-state index contributed by atoms with van der Waals surface area (Å²) in [6.07, 6.45) is 0. The second-order valence-electron chi connectivity index (χ2n) is 13.5. The van der Waals surface area contributed by atoms with Crippen LogP contribution >= 0.6 is 0 Å². The molecule has 1 aromatic heterocycles. The number of aryl methyl sites for hydroxylation is 2. The third-order valence-corrected chi connectivity index (χ3v) is 10.3. The Bertz CT molecular complexity index is 2870. The van der Waals surface area contributed by atoms with Crippen LogP contribution < -0.4 is 9.80 Å². The number of para-hydroxylation sites is 2. The van der Waals surface area contributed by atoms with Crippen LogP contribution in [0.15, 0.2) is 174 Å². The Kier molecular flexibility index (Phi) is 6.62. The predicted molar refractivity (Wildman–Crippen MR) is 216 cm³/mol. The zero-order chi connectivity index (χ0) is 34.1. The number of nitrogens with zero attached hydrogens (tertiary/aromatic N) is 2. The maximum Gasteiger partial charge on any atom is 0.135 e. The van der Waals surface area contributed by atoms with E-state index >= 15 is 0 Å². The van der Waals surface area contributed by atoms with E-state index in [1.807, 2.05) is 12.1 Å². The van der Waals surface area contributed by atoms with Crippen LogP contribution in [0.3, 0.4) is 0 Å². The molecule has 0 aliphatic carbocycles. The number of fused-ring (bicyclic) bond motifs is 3. The molecule has 0 bridgehead atoms. The minimum atomic E-state index is 0.892. The molecule has 51 heavy (non-hydrogen) atoms. The maximum atomic E-state index is 6.24. The van der Waals surface area contributed by atoms with Crippen molar-refractivity contribution >= 4 is 88.4 Å². The van der Waals surface area contributed by atoms with E-state index in [0.29, 0.717) is 0 Å². The lowest BCUT2D eigenvalue weighted by Crippen LogP contribution is -2.11. The summed E-state index contributed by atoms with van der Waals surface area (Å²) in [4.78, 5) is 4.78. The van der Waals surface area contributed by atoms with Gasteiger partial charge in [0.15, 0.2) is 0 Å². The Hall–Kier alpha value is -6.58. The van der Waals surface area contributed by atoms with Gasteiger partial charge in [-0.1, -0.05) is 108 Å². The van der Waals surface area contributed by atoms with Gasteiger partial charge in [-0.15, -0.1) is 0 Å². The first-order chi connectivity index (χ1) is 25.1. The summed E-state index contributed by atoms with van der Waals surface area (Å²) in [5, 5.41) is 9.67. The lowest BCUT2D eigenvalue weighted by atomic mass is 9.91. The first-order valence-electron chi connectivity index (χ1n) is 17.5. The molecular formula is C48H34N2O. The second-order valence-corrected chi connectivity index (χ2v) is 13.5. The molecule has 1 heterocycles. The molecule has 0 aliphatic heterocycles. The van der Waals surface area contributed by atoms with E-state index in [4.69, 9.17) is 4.42 Å². The first-order valence-corrected chi connectivity index (χ1v) is 17.5. The van der Waals surface area contributed by atoms with E-state index in [1.54, 1.807) is 0 Å². The molecule has 0 N–H and O–H groups in total. The molecule has 0 amide bonds. The monoisotopic (exact) mass is 654 g/mol. The smallest absolute Gasteiger partial charge is 0.135 e. The fourth-order valence-electron chi connectivity index (χ4n) is 7.83. The molecule has 3 nitrogen and oxygen atoms in total. The Morgan fingerprint density at radius 2 is 0.824 bits per heavy atom. The van der Waals surface area contributed by atoms with Crippen molar-refractivity contribution in [2.75, 3.05) is 9.80 Å². The fraction of sp³-hybridized carbons (Fsp3) is 0.0417. The number of hydrogen-bond acceptors (Lipinski definition) is 3. The van der Waals surface area contributed by atoms with Crippen molar-refractivity contribution in [3.63, 3.8) is 0 Å². The SMILES string of the molecule is Cc1ccc(N(c2ccccc2)c2ccc3ccc4c(N(c5ccc(C)cc5)c5ccc6oc7ccccc7c6c5)ccc5ccc2c3c54)cc1. The van der Waals surface area contributed by atoms with Crippen molar-refractivity contribution in [2.24, 2.45) is 0 Å². The van der Waals surface area contributed by atoms with Crippen molar-refractivity contribution in [1.29, 1.82) is 0 Å². The first kappa shape index (κ1) is 29.3. The summed E-state index contributed by atoms with van der Waals surface area (Å²) >= 11 is 0. The van der Waals surface area contributed by atoms with E-state index in [-0.39, 0.29) is 0 Å². The molecule has 0 atom stereocenters. The zero-order valence-electron chi connectivity index (χ0n) is 28.5. The number of furan rings is 1. The van der Waals surface area contributed by atoms with Crippen molar-refractivity contribution in [3.05, 3.63) is 181 Å². The Morgan fingerprint density at radius 3 is 1.43 bits per heavy atom. The van der Waals surface area contributed by atoms with Crippen molar-refractivity contribution in [1.82, 2.24) is 0 Å². The van der Waals surface area contributed by atoms with E-state index in [1.165, 1.54) is 43.4 Å². The molecule has 0 saturated carbocycles. The molecule has 10 aromatic rings. The minimum Gasteiger partial charge on any atom is -0.456 e. The molecule has 242 valence electrons. The second kappa shape index (κ2) is 11.5. The molecule has 10 rings (SSSR count). The Balaban J connectivity index is 1.23. The third-order valence-electron chi connectivity index (χ3n) is 10.3. The van der Waals surface area contributed by atoms with E-state index in [0.717, 1.165) is 56.1 Å². The Labute approximate surface area is 296 Å². The normalized spacial score (nSPS) is 11.7. The van der Waals surface area contributed by atoms with Gasteiger partial charge in [0.25, 0.3) is 0 Å². The molecule has 0 unspecified atom stereocenters. The molecule has 0 spiro atoms. The van der Waals surface area contributed by atoms with Gasteiger partial charge >= 0.3 is 0 Å². The van der Waals surface area contributed by atoms with Gasteiger partial charge in [0.1, 0.15) is 11.2 Å². The van der Waals surface area contributed by atoms with Crippen LogP contribution in [0.2, 0.25) is 0 Å². The highest BCUT2D eigenvalue weighted by Gasteiger charge is 2.22. The van der Waals surface area contributed by atoms with Gasteiger partial charge in [-0.3, -0.25) is 0 Å². The van der Waals surface area contributed by atoms with Crippen LogP contribution in [0.1, 0.15) is 11.1 Å². The molecule has 3 heteroatoms. The largest absolute Gasteiger partial charge is 0.456 e. The zero-order valence-corrected chi connectivity index (χ0v) is 28.5. The van der Waals surface area contributed by atoms with Crippen molar-refractivity contribution in [2.45, 2.75) is 13.8 Å². The summed E-state index contributed by atoms with van der Waals surface area (Å²) in [5.41, 5.74) is 11.0. The summed E-state index contributed by atoms with van der Waals surface area (Å²) < 4.78 is 6.24. The van der Waals surface area contributed by atoms with Crippen molar-refractivity contribution in [3.8, 4) is 0 Å². The molecule has 0 fully saturated rings. The third kappa shape index (κ3) is 4.74. The van der Waals surface area contributed by atoms with Crippen LogP contribution in [0, 0.1) is 13.8 Å². The lowest BCUT2D eigenvalue weighted by Gasteiger charge is -2.29. The topological polar surface area (TPSA) is 19.6 Å². The summed E-state index contributed by atoms with van der Waals surface area (Å²) in [5.74, 6) is 0. The summed E-state index contributed by atoms with van der Waals surface area (Å²) in [6, 6.07) is 61.5. The highest BCUT2D eigenvalue weighted by molar-refractivity contribution is 6.28. The van der Waals surface area contributed by atoms with E-state index in [9.17, 15) is 0 Å². The van der Waals surface area contributed by atoms with Gasteiger partial charge in [-0.25, -0.2) is 0 Å². The summed E-state index contributed by atoms with van der Waals surface area (Å²) in [7, 11) is 0. The van der Waals surface area contributed by atoms with Gasteiger partial charge in [0, 0.05) is 44.3 Å². The maximum absolute atomic E-state index is 6.24. The Morgan fingerprint density at radius 1 is 0.353 bits per heavy atom. The summed E-state index contributed by atoms with van der Waals surface area (Å²) in [6.45, 7) is 4.28. The quantitative estimate of drug-likeness (QED) is 0.166. The molecular weight excluding hydrogens is 621 g/mol. The predicted octanol–water partition coefficient (Wildman–Crippen LogP) is 14.0. The highest BCUT2D eigenvalue weighted by atomic mass is 16.3. The molecule has 0 aliphatic rings. The van der Waals surface area contributed by atoms with Crippen LogP contribution in [0.4, 0.5) is 34.1 Å². The molecule has 0 radical (unpaired) electrons. The number of benzene rings is 9. The minimum absolute atomic E-state index is 0.892. The van der Waals surface area contributed by atoms with Crippen LogP contribution in [0.25, 0.3) is 54.3 Å². The average molecular weight is 655 g/mol. The van der Waals surface area contributed by atoms with Gasteiger partial charge in [0.05, 0.1) is 11.4 Å². The van der Waals surface area contributed by atoms with Gasteiger partial charge in [-0.2, -0.15) is 0 Å². The van der Waals surface area contributed by atoms with Crippen molar-refractivity contribution < 1.29 is 4.42 Å². The van der Waals surface area contributed by atoms with Gasteiger partial charge in [-0.05, 0) is 108 Å². The van der Waals surface area contributed by atoms with Crippen LogP contribution in [0.5, 0.6) is 0 Å². The average Bonchev–Trinajstić information content (AvgIpc) is 3.55.